The Hall–Kier alpha value is -2.84. The number of nitrogens with zero attached hydrogens (tertiary/aromatic N) is 3. The molecule has 0 amide bonds. The monoisotopic (exact) mass is 468 g/mol. The number of nitrogens with one attached hydrogen (secondary N) is 1. The van der Waals surface area contributed by atoms with Gasteiger partial charge in [-0.3, -0.25) is 4.40 Å². The topological polar surface area (TPSA) is 68.5 Å². The summed E-state index contributed by atoms with van der Waals surface area (Å²) in [5, 5.41) is 3.38. The smallest absolute Gasteiger partial charge is 0.339 e. The van der Waals surface area contributed by atoms with E-state index >= 15 is 0 Å². The molecule has 29 heavy (non-hydrogen) atoms. The zero-order chi connectivity index (χ0) is 20.4. The number of carbonyl (C=O) groups excluding carboxylic acids is 1. The van der Waals surface area contributed by atoms with Crippen LogP contribution in [0, 0.1) is 0 Å². The van der Waals surface area contributed by atoms with Gasteiger partial charge in [0.1, 0.15) is 16.1 Å². The number of hydrogen-bond donors (Lipinski definition) is 1. The number of fused-ring (bicyclic) bond motifs is 1. The van der Waals surface area contributed by atoms with E-state index in [0.29, 0.717) is 21.5 Å². The maximum absolute atomic E-state index is 12.2. The number of benzene rings is 2. The Morgan fingerprint density at radius 2 is 1.93 bits per heavy atom. The predicted octanol–water partition coefficient (Wildman–Crippen LogP) is 5.41. The number of esters is 1. The number of carbonyl (C=O) groups is 1. The second kappa shape index (κ2) is 8.26. The summed E-state index contributed by atoms with van der Waals surface area (Å²) < 4.78 is 7.50. The van der Waals surface area contributed by atoms with Crippen LogP contribution in [0.2, 0.25) is 0 Å². The minimum Gasteiger partial charge on any atom is -0.465 e. The van der Waals surface area contributed by atoms with E-state index in [4.69, 9.17) is 9.72 Å². The van der Waals surface area contributed by atoms with Gasteiger partial charge >= 0.3 is 5.97 Å². The van der Waals surface area contributed by atoms with Crippen LogP contribution in [0.5, 0.6) is 0 Å². The number of para-hydroxylation sites is 1. The van der Waals surface area contributed by atoms with Crippen LogP contribution in [0.4, 0.5) is 11.5 Å². The fourth-order valence-electron chi connectivity index (χ4n) is 3.01. The van der Waals surface area contributed by atoms with Crippen LogP contribution in [0.25, 0.3) is 16.9 Å². The zero-order valence-corrected chi connectivity index (χ0v) is 18.1. The SMILES string of the molecule is COC(=O)c1ccccc1Nc1c(-c2ccc(SC)cc2)nc2cnc(Br)cn12. The number of halogens is 1. The number of ether oxygens (including phenoxy) is 1. The lowest BCUT2D eigenvalue weighted by molar-refractivity contribution is 0.0602. The lowest BCUT2D eigenvalue weighted by Crippen LogP contribution is -2.06. The van der Waals surface area contributed by atoms with E-state index in [1.807, 2.05) is 41.1 Å². The Balaban J connectivity index is 1.88. The normalized spacial score (nSPS) is 10.9. The van der Waals surface area contributed by atoms with Crippen molar-refractivity contribution >= 4 is 50.8 Å². The largest absolute Gasteiger partial charge is 0.465 e. The average Bonchev–Trinajstić information content (AvgIpc) is 3.11. The fraction of sp³-hybridized carbons (Fsp3) is 0.0952. The zero-order valence-electron chi connectivity index (χ0n) is 15.7. The fourth-order valence-corrected chi connectivity index (χ4v) is 3.72. The van der Waals surface area contributed by atoms with Crippen LogP contribution in [0.15, 0.2) is 70.4 Å². The van der Waals surface area contributed by atoms with E-state index in [-0.39, 0.29) is 0 Å². The Bertz CT molecular complexity index is 1190. The van der Waals surface area contributed by atoms with Crippen molar-refractivity contribution in [3.05, 3.63) is 71.1 Å². The summed E-state index contributed by atoms with van der Waals surface area (Å²) in [5.41, 5.74) is 3.49. The standard InChI is InChI=1S/C21H17BrN4O2S/c1-28-21(27)15-5-3-4-6-16(15)24-20-19(13-7-9-14(29-2)10-8-13)25-18-11-23-17(22)12-26(18)20/h3-12,24H,1-2H3. The van der Waals surface area contributed by atoms with Gasteiger partial charge in [-0.05, 0) is 46.5 Å². The molecule has 0 aliphatic heterocycles. The number of anilines is 2. The molecule has 6 nitrogen and oxygen atoms in total. The molecule has 2 heterocycles. The van der Waals surface area contributed by atoms with Gasteiger partial charge in [-0.1, -0.05) is 24.3 Å². The Morgan fingerprint density at radius 1 is 1.17 bits per heavy atom. The van der Waals surface area contributed by atoms with Gasteiger partial charge in [-0.25, -0.2) is 14.8 Å². The first-order valence-electron chi connectivity index (χ1n) is 8.73. The van der Waals surface area contributed by atoms with Crippen molar-refractivity contribution in [2.75, 3.05) is 18.7 Å². The molecule has 0 fully saturated rings. The maximum atomic E-state index is 12.2. The number of hydrogen-bond acceptors (Lipinski definition) is 6. The molecule has 2 aromatic heterocycles. The van der Waals surface area contributed by atoms with Crippen molar-refractivity contribution in [3.63, 3.8) is 0 Å². The maximum Gasteiger partial charge on any atom is 0.339 e. The third kappa shape index (κ3) is 3.86. The van der Waals surface area contributed by atoms with Gasteiger partial charge in [0.25, 0.3) is 0 Å². The minimum absolute atomic E-state index is 0.407. The summed E-state index contributed by atoms with van der Waals surface area (Å²) in [6.07, 6.45) is 5.58. The van der Waals surface area contributed by atoms with E-state index < -0.39 is 5.97 Å². The Labute approximate surface area is 180 Å². The highest BCUT2D eigenvalue weighted by Gasteiger charge is 2.18. The van der Waals surface area contributed by atoms with E-state index in [2.05, 4.69) is 38.4 Å². The van der Waals surface area contributed by atoms with E-state index in [1.54, 1.807) is 30.1 Å². The molecular formula is C21H17BrN4O2S. The number of thioether (sulfide) groups is 1. The molecule has 8 heteroatoms. The number of aromatic nitrogens is 3. The highest BCUT2D eigenvalue weighted by atomic mass is 79.9. The van der Waals surface area contributed by atoms with Crippen LogP contribution in [0.3, 0.4) is 0 Å². The quantitative estimate of drug-likeness (QED) is 0.311. The highest BCUT2D eigenvalue weighted by Crippen LogP contribution is 2.33. The highest BCUT2D eigenvalue weighted by molar-refractivity contribution is 9.10. The number of rotatable bonds is 5. The van der Waals surface area contributed by atoms with Gasteiger partial charge in [-0.15, -0.1) is 11.8 Å². The second-order valence-electron chi connectivity index (χ2n) is 6.14. The van der Waals surface area contributed by atoms with Crippen LogP contribution in [-0.2, 0) is 4.74 Å². The molecule has 0 unspecified atom stereocenters. The van der Waals surface area contributed by atoms with Crippen molar-refractivity contribution in [2.45, 2.75) is 4.90 Å². The van der Waals surface area contributed by atoms with Gasteiger partial charge in [0.15, 0.2) is 5.65 Å². The van der Waals surface area contributed by atoms with Gasteiger partial charge in [0.2, 0.25) is 0 Å². The lowest BCUT2D eigenvalue weighted by atomic mass is 10.1. The molecule has 0 radical (unpaired) electrons. The van der Waals surface area contributed by atoms with Gasteiger partial charge < -0.3 is 10.1 Å². The molecular weight excluding hydrogens is 452 g/mol. The van der Waals surface area contributed by atoms with Crippen molar-refractivity contribution in [2.24, 2.45) is 0 Å². The summed E-state index contributed by atoms with van der Waals surface area (Å²) in [4.78, 5) is 22.4. The molecule has 4 aromatic rings. The molecule has 1 N–H and O–H groups in total. The van der Waals surface area contributed by atoms with E-state index in [1.165, 1.54) is 12.0 Å². The first kappa shape index (κ1) is 19.5. The first-order valence-corrected chi connectivity index (χ1v) is 10.7. The minimum atomic E-state index is -0.407. The summed E-state index contributed by atoms with van der Waals surface area (Å²) in [6.45, 7) is 0. The van der Waals surface area contributed by atoms with Crippen LogP contribution in [0.1, 0.15) is 10.4 Å². The van der Waals surface area contributed by atoms with Crippen molar-refractivity contribution in [1.82, 2.24) is 14.4 Å². The van der Waals surface area contributed by atoms with Gasteiger partial charge in [-0.2, -0.15) is 0 Å². The molecule has 0 aliphatic carbocycles. The lowest BCUT2D eigenvalue weighted by Gasteiger charge is -2.12. The summed E-state index contributed by atoms with van der Waals surface area (Å²) in [5.74, 6) is 0.326. The molecule has 0 bridgehead atoms. The Morgan fingerprint density at radius 3 is 2.66 bits per heavy atom. The molecule has 0 aliphatic rings. The first-order chi connectivity index (χ1) is 14.1. The van der Waals surface area contributed by atoms with Crippen LogP contribution in [-0.4, -0.2) is 33.7 Å². The van der Waals surface area contributed by atoms with Crippen LogP contribution >= 0.6 is 27.7 Å². The van der Waals surface area contributed by atoms with E-state index in [9.17, 15) is 4.79 Å². The third-order valence-electron chi connectivity index (χ3n) is 4.43. The average molecular weight is 469 g/mol. The predicted molar refractivity (Wildman–Crippen MR) is 119 cm³/mol. The number of imidazole rings is 1. The Kier molecular flexibility index (Phi) is 5.55. The second-order valence-corrected chi connectivity index (χ2v) is 7.83. The molecule has 0 saturated heterocycles. The molecule has 4 rings (SSSR count). The number of methoxy groups -OCH3 is 1. The van der Waals surface area contributed by atoms with Crippen molar-refractivity contribution in [1.29, 1.82) is 0 Å². The molecule has 0 spiro atoms. The molecule has 0 saturated carbocycles. The van der Waals surface area contributed by atoms with Crippen LogP contribution < -0.4 is 5.32 Å². The third-order valence-corrected chi connectivity index (χ3v) is 5.58. The van der Waals surface area contributed by atoms with E-state index in [0.717, 1.165) is 17.1 Å². The summed E-state index contributed by atoms with van der Waals surface area (Å²) >= 11 is 5.11. The summed E-state index contributed by atoms with van der Waals surface area (Å²) in [7, 11) is 1.37. The van der Waals surface area contributed by atoms with Crippen molar-refractivity contribution in [3.8, 4) is 11.3 Å². The van der Waals surface area contributed by atoms with Gasteiger partial charge in [0, 0.05) is 16.7 Å². The van der Waals surface area contributed by atoms with Crippen molar-refractivity contribution < 1.29 is 9.53 Å². The molecule has 146 valence electrons. The molecule has 2 aromatic carbocycles. The molecule has 0 atom stereocenters. The summed E-state index contributed by atoms with van der Waals surface area (Å²) in [6, 6.07) is 15.4. The van der Waals surface area contributed by atoms with Gasteiger partial charge in [0.05, 0.1) is 24.6 Å².